The number of imide groups is 1. The Morgan fingerprint density at radius 3 is 2.37 bits per heavy atom. The maximum absolute atomic E-state index is 13.5. The molecule has 0 bridgehead atoms. The van der Waals surface area contributed by atoms with Crippen molar-refractivity contribution in [3.63, 3.8) is 0 Å². The van der Waals surface area contributed by atoms with Crippen molar-refractivity contribution >= 4 is 29.0 Å². The second-order valence-corrected chi connectivity index (χ2v) is 6.76. The van der Waals surface area contributed by atoms with E-state index < -0.39 is 36.0 Å². The van der Waals surface area contributed by atoms with E-state index in [4.69, 9.17) is 0 Å². The number of rotatable bonds is 5. The molecule has 3 amide bonds. The first-order valence-corrected chi connectivity index (χ1v) is 9.29. The zero-order valence-electron chi connectivity index (χ0n) is 15.9. The average molecular weight is 424 g/mol. The van der Waals surface area contributed by atoms with Crippen molar-refractivity contribution in [3.05, 3.63) is 53.8 Å². The van der Waals surface area contributed by atoms with Crippen molar-refractivity contribution in [2.45, 2.75) is 19.0 Å². The molecule has 1 heterocycles. The summed E-state index contributed by atoms with van der Waals surface area (Å²) in [5, 5.41) is 6.87. The average Bonchev–Trinajstić information content (AvgIpc) is 3.22. The van der Waals surface area contributed by atoms with Gasteiger partial charge in [0, 0.05) is 13.1 Å². The number of hydrogen-bond acceptors (Lipinski definition) is 4. The smallest absolute Gasteiger partial charge is 0.374 e. The highest BCUT2D eigenvalue weighted by Crippen LogP contribution is 2.36. The molecule has 0 radical (unpaired) electrons. The number of carbonyl (C=O) groups is 2. The van der Waals surface area contributed by atoms with Gasteiger partial charge in [0.2, 0.25) is 5.91 Å². The van der Waals surface area contributed by atoms with Crippen LogP contribution in [-0.2, 0) is 11.0 Å². The zero-order valence-corrected chi connectivity index (χ0v) is 15.9. The summed E-state index contributed by atoms with van der Waals surface area (Å²) in [6, 6.07) is 7.79. The molecule has 6 nitrogen and oxygen atoms in total. The lowest BCUT2D eigenvalue weighted by atomic mass is 10.1. The van der Waals surface area contributed by atoms with Gasteiger partial charge in [0.1, 0.15) is 5.82 Å². The molecule has 3 N–H and O–H groups in total. The molecule has 1 aliphatic heterocycles. The number of nitrogens with zero attached hydrogens (tertiary/aromatic N) is 1. The highest BCUT2D eigenvalue weighted by Gasteiger charge is 2.31. The fourth-order valence-corrected chi connectivity index (χ4v) is 3.15. The van der Waals surface area contributed by atoms with Crippen LogP contribution in [0.2, 0.25) is 0 Å². The molecule has 0 aromatic heterocycles. The summed E-state index contributed by atoms with van der Waals surface area (Å²) in [6.45, 7) is 0.974. The van der Waals surface area contributed by atoms with E-state index >= 15 is 0 Å². The summed E-state index contributed by atoms with van der Waals surface area (Å²) in [7, 11) is 0. The summed E-state index contributed by atoms with van der Waals surface area (Å²) in [5.74, 6) is -1.45. The zero-order chi connectivity index (χ0) is 21.7. The van der Waals surface area contributed by atoms with E-state index in [0.29, 0.717) is 18.8 Å². The van der Waals surface area contributed by atoms with Gasteiger partial charge in [-0.25, -0.2) is 9.18 Å². The third kappa shape index (κ3) is 5.40. The van der Waals surface area contributed by atoms with Crippen LogP contribution in [0.15, 0.2) is 42.5 Å². The molecule has 160 valence electrons. The number of carbonyl (C=O) groups excluding carboxylic acids is 2. The number of hydrogen-bond donors (Lipinski definition) is 3. The van der Waals surface area contributed by atoms with Gasteiger partial charge in [-0.2, -0.15) is 13.2 Å². The van der Waals surface area contributed by atoms with Crippen LogP contribution in [0.4, 0.5) is 39.4 Å². The van der Waals surface area contributed by atoms with Gasteiger partial charge in [0.05, 0.1) is 29.2 Å². The number of nitrogens with one attached hydrogen (secondary N) is 3. The molecule has 30 heavy (non-hydrogen) atoms. The predicted molar refractivity (Wildman–Crippen MR) is 105 cm³/mol. The lowest BCUT2D eigenvalue weighted by Crippen LogP contribution is -2.38. The molecule has 2 aromatic rings. The van der Waals surface area contributed by atoms with Crippen LogP contribution in [0.25, 0.3) is 0 Å². The van der Waals surface area contributed by atoms with Crippen LogP contribution >= 0.6 is 0 Å². The minimum Gasteiger partial charge on any atom is -0.374 e. The van der Waals surface area contributed by atoms with Crippen LogP contribution in [0.1, 0.15) is 18.4 Å². The van der Waals surface area contributed by atoms with E-state index in [0.717, 1.165) is 31.0 Å². The van der Waals surface area contributed by atoms with Crippen LogP contribution in [0.5, 0.6) is 0 Å². The molecule has 3 rings (SSSR count). The number of anilines is 3. The van der Waals surface area contributed by atoms with Crippen molar-refractivity contribution in [2.24, 2.45) is 0 Å². The van der Waals surface area contributed by atoms with E-state index in [2.05, 4.69) is 10.6 Å². The van der Waals surface area contributed by atoms with E-state index in [1.54, 1.807) is 0 Å². The Morgan fingerprint density at radius 2 is 1.70 bits per heavy atom. The number of alkyl halides is 3. The van der Waals surface area contributed by atoms with Gasteiger partial charge < -0.3 is 15.5 Å². The Morgan fingerprint density at radius 1 is 1.00 bits per heavy atom. The molecule has 1 fully saturated rings. The standard InChI is InChI=1S/C20H20F4N4O2/c21-14-5-1-2-6-15(14)26-19(30)27-18(29)12-25-16-11-13(20(22,23)24)7-8-17(16)28-9-3-4-10-28/h1-2,5-8,11,25H,3-4,9-10,12H2,(H2,26,27,29,30). The topological polar surface area (TPSA) is 73.5 Å². The lowest BCUT2D eigenvalue weighted by molar-refractivity contribution is -0.137. The summed E-state index contributed by atoms with van der Waals surface area (Å²) in [4.78, 5) is 25.8. The SMILES string of the molecule is O=C(CNc1cc(C(F)(F)F)ccc1N1CCCC1)NC(=O)Nc1ccccc1F. The van der Waals surface area contributed by atoms with Gasteiger partial charge in [0.25, 0.3) is 0 Å². The maximum atomic E-state index is 13.5. The minimum absolute atomic E-state index is 0.107. The van der Waals surface area contributed by atoms with E-state index in [1.165, 1.54) is 24.3 Å². The van der Waals surface area contributed by atoms with Crippen LogP contribution < -0.4 is 20.9 Å². The van der Waals surface area contributed by atoms with E-state index in [1.807, 2.05) is 10.2 Å². The molecule has 1 aliphatic rings. The predicted octanol–water partition coefficient (Wildman–Crippen LogP) is 4.20. The molecule has 1 saturated heterocycles. The summed E-state index contributed by atoms with van der Waals surface area (Å²) in [5.41, 5.74) is -0.240. The van der Waals surface area contributed by atoms with Crippen molar-refractivity contribution in [3.8, 4) is 0 Å². The largest absolute Gasteiger partial charge is 0.416 e. The first kappa shape index (κ1) is 21.4. The Labute approximate surface area is 170 Å². The number of para-hydroxylation sites is 1. The molecule has 0 aliphatic carbocycles. The highest BCUT2D eigenvalue weighted by molar-refractivity contribution is 6.02. The second kappa shape index (κ2) is 9.02. The molecule has 0 unspecified atom stereocenters. The Kier molecular flexibility index (Phi) is 6.43. The van der Waals surface area contributed by atoms with Gasteiger partial charge >= 0.3 is 12.2 Å². The van der Waals surface area contributed by atoms with Crippen molar-refractivity contribution in [2.75, 3.05) is 35.2 Å². The maximum Gasteiger partial charge on any atom is 0.416 e. The molecular weight excluding hydrogens is 404 g/mol. The fourth-order valence-electron chi connectivity index (χ4n) is 3.15. The van der Waals surface area contributed by atoms with Crippen LogP contribution in [-0.4, -0.2) is 31.6 Å². The third-order valence-corrected chi connectivity index (χ3v) is 4.59. The Bertz CT molecular complexity index is 927. The molecule has 10 heteroatoms. The fraction of sp³-hybridized carbons (Fsp3) is 0.300. The van der Waals surface area contributed by atoms with Gasteiger partial charge in [-0.3, -0.25) is 10.1 Å². The van der Waals surface area contributed by atoms with Gasteiger partial charge in [-0.05, 0) is 43.2 Å². The second-order valence-electron chi connectivity index (χ2n) is 6.76. The Balaban J connectivity index is 1.65. The summed E-state index contributed by atoms with van der Waals surface area (Å²) < 4.78 is 52.8. The molecule has 0 saturated carbocycles. The minimum atomic E-state index is -4.53. The molecule has 2 aromatic carbocycles. The normalized spacial score (nSPS) is 13.8. The molecule has 0 spiro atoms. The first-order chi connectivity index (χ1) is 14.2. The van der Waals surface area contributed by atoms with Crippen LogP contribution in [0.3, 0.4) is 0 Å². The lowest BCUT2D eigenvalue weighted by Gasteiger charge is -2.23. The number of benzene rings is 2. The summed E-state index contributed by atoms with van der Waals surface area (Å²) >= 11 is 0. The molecule has 0 atom stereocenters. The van der Waals surface area contributed by atoms with Crippen molar-refractivity contribution < 1.29 is 27.2 Å². The number of urea groups is 1. The van der Waals surface area contributed by atoms with E-state index in [-0.39, 0.29) is 11.4 Å². The van der Waals surface area contributed by atoms with Gasteiger partial charge in [0.15, 0.2) is 0 Å². The molecular formula is C20H20F4N4O2. The summed E-state index contributed by atoms with van der Waals surface area (Å²) in [6.07, 6.45) is -2.67. The van der Waals surface area contributed by atoms with Crippen molar-refractivity contribution in [1.82, 2.24) is 5.32 Å². The van der Waals surface area contributed by atoms with Crippen LogP contribution in [0, 0.1) is 5.82 Å². The number of amides is 3. The third-order valence-electron chi connectivity index (χ3n) is 4.59. The van der Waals surface area contributed by atoms with Gasteiger partial charge in [-0.1, -0.05) is 12.1 Å². The number of halogens is 4. The van der Waals surface area contributed by atoms with Crippen molar-refractivity contribution in [1.29, 1.82) is 0 Å². The van der Waals surface area contributed by atoms with E-state index in [9.17, 15) is 27.2 Å². The highest BCUT2D eigenvalue weighted by atomic mass is 19.4. The Hall–Kier alpha value is -3.30. The monoisotopic (exact) mass is 424 g/mol. The first-order valence-electron chi connectivity index (χ1n) is 9.29. The quantitative estimate of drug-likeness (QED) is 0.629. The van der Waals surface area contributed by atoms with Gasteiger partial charge in [-0.15, -0.1) is 0 Å².